The van der Waals surface area contributed by atoms with Crippen molar-refractivity contribution in [2.24, 2.45) is 0 Å². The first kappa shape index (κ1) is 20.2. The van der Waals surface area contributed by atoms with E-state index in [-0.39, 0.29) is 11.7 Å². The van der Waals surface area contributed by atoms with Crippen LogP contribution in [0.1, 0.15) is 33.0 Å². The molecule has 1 aliphatic heterocycles. The third kappa shape index (κ3) is 4.11. The summed E-state index contributed by atoms with van der Waals surface area (Å²) in [6, 6.07) is 10.6. The van der Waals surface area contributed by atoms with Gasteiger partial charge in [0.2, 0.25) is 5.82 Å². The highest BCUT2D eigenvalue weighted by atomic mass is 16.2. The van der Waals surface area contributed by atoms with Gasteiger partial charge in [0, 0.05) is 46.0 Å². The number of benzene rings is 1. The fraction of sp³-hybridized carbons (Fsp3) is 0.391. The van der Waals surface area contributed by atoms with Crippen LogP contribution in [0.2, 0.25) is 0 Å². The van der Waals surface area contributed by atoms with Gasteiger partial charge < -0.3 is 10.2 Å². The number of carbonyl (C=O) groups is 1. The van der Waals surface area contributed by atoms with E-state index in [0.29, 0.717) is 18.0 Å². The lowest BCUT2D eigenvalue weighted by molar-refractivity contribution is 0.0937. The number of rotatable bonds is 5. The second-order valence-electron chi connectivity index (χ2n) is 8.10. The van der Waals surface area contributed by atoms with Crippen LogP contribution in [0.3, 0.4) is 0 Å². The lowest BCUT2D eigenvalue weighted by Crippen LogP contribution is -2.38. The molecule has 156 valence electrons. The molecule has 0 saturated carbocycles. The number of hydrogen-bond acceptors (Lipinski definition) is 6. The van der Waals surface area contributed by atoms with Crippen molar-refractivity contribution in [1.29, 1.82) is 0 Å². The molecule has 1 N–H and O–H groups in total. The Morgan fingerprint density at radius 1 is 1.13 bits per heavy atom. The van der Waals surface area contributed by atoms with Crippen molar-refractivity contribution in [2.75, 3.05) is 38.6 Å². The Bertz CT molecular complexity index is 1090. The second kappa shape index (κ2) is 8.36. The Labute approximate surface area is 177 Å². The first-order valence-electron chi connectivity index (χ1n) is 10.3. The topological polar surface area (TPSA) is 74.2 Å². The Hall–Kier alpha value is -3.06. The summed E-state index contributed by atoms with van der Waals surface area (Å²) in [5, 5.41) is 3.86. The highest BCUT2D eigenvalue weighted by Gasteiger charge is 2.19. The van der Waals surface area contributed by atoms with E-state index in [0.717, 1.165) is 42.7 Å². The fourth-order valence-corrected chi connectivity index (χ4v) is 4.03. The monoisotopic (exact) mass is 404 g/mol. The van der Waals surface area contributed by atoms with E-state index in [1.165, 1.54) is 11.1 Å². The summed E-state index contributed by atoms with van der Waals surface area (Å²) in [5.74, 6) is 0.605. The third-order valence-corrected chi connectivity index (χ3v) is 5.52. The predicted molar refractivity (Wildman–Crippen MR) is 119 cm³/mol. The van der Waals surface area contributed by atoms with Gasteiger partial charge in [-0.05, 0) is 43.0 Å². The van der Waals surface area contributed by atoms with Gasteiger partial charge in [0.15, 0.2) is 5.65 Å². The van der Waals surface area contributed by atoms with Crippen LogP contribution >= 0.6 is 0 Å². The minimum absolute atomic E-state index is 0.160. The SMILES string of the molecule is Cc1cc(C)c2c(N(C)C)nc(C(=O)NCCN3CCc4ccccc4C3)nc2n1. The van der Waals surface area contributed by atoms with Crippen LogP contribution < -0.4 is 10.2 Å². The van der Waals surface area contributed by atoms with Crippen molar-refractivity contribution in [3.63, 3.8) is 0 Å². The number of nitrogens with one attached hydrogen (secondary N) is 1. The number of anilines is 1. The lowest BCUT2D eigenvalue weighted by atomic mass is 10.00. The zero-order valence-corrected chi connectivity index (χ0v) is 18.1. The quantitative estimate of drug-likeness (QED) is 0.704. The normalized spacial score (nSPS) is 13.9. The molecule has 0 bridgehead atoms. The third-order valence-electron chi connectivity index (χ3n) is 5.52. The van der Waals surface area contributed by atoms with Crippen LogP contribution in [0.15, 0.2) is 30.3 Å². The summed E-state index contributed by atoms with van der Waals surface area (Å²) in [6.07, 6.45) is 1.05. The van der Waals surface area contributed by atoms with Crippen LogP contribution in [0.4, 0.5) is 5.82 Å². The van der Waals surface area contributed by atoms with Gasteiger partial charge in [-0.3, -0.25) is 9.69 Å². The van der Waals surface area contributed by atoms with Crippen molar-refractivity contribution in [2.45, 2.75) is 26.8 Å². The zero-order chi connectivity index (χ0) is 21.3. The van der Waals surface area contributed by atoms with Gasteiger partial charge in [-0.15, -0.1) is 0 Å². The molecular formula is C23H28N6O. The molecule has 7 nitrogen and oxygen atoms in total. The Balaban J connectivity index is 1.46. The van der Waals surface area contributed by atoms with Crippen LogP contribution in [-0.2, 0) is 13.0 Å². The van der Waals surface area contributed by atoms with Crippen LogP contribution in [-0.4, -0.2) is 59.5 Å². The van der Waals surface area contributed by atoms with E-state index >= 15 is 0 Å². The summed E-state index contributed by atoms with van der Waals surface area (Å²) in [7, 11) is 3.83. The molecule has 3 heterocycles. The number of fused-ring (bicyclic) bond motifs is 2. The standard InChI is InChI=1S/C23H28N6O/c1-15-13-16(2)25-20-19(15)22(28(3)4)27-21(26-20)23(30)24-10-12-29-11-9-17-7-5-6-8-18(17)14-29/h5-8,13H,9-12,14H2,1-4H3,(H,24,30). The lowest BCUT2D eigenvalue weighted by Gasteiger charge is -2.28. The van der Waals surface area contributed by atoms with E-state index in [1.807, 2.05) is 38.9 Å². The number of aromatic nitrogens is 3. The minimum atomic E-state index is -0.265. The zero-order valence-electron chi connectivity index (χ0n) is 18.1. The molecule has 0 aliphatic carbocycles. The molecule has 4 rings (SSSR count). The Morgan fingerprint density at radius 3 is 2.67 bits per heavy atom. The van der Waals surface area contributed by atoms with E-state index in [9.17, 15) is 4.79 Å². The van der Waals surface area contributed by atoms with Crippen LogP contribution in [0.25, 0.3) is 11.0 Å². The first-order valence-corrected chi connectivity index (χ1v) is 10.3. The largest absolute Gasteiger partial charge is 0.362 e. The molecule has 0 saturated heterocycles. The Morgan fingerprint density at radius 2 is 1.90 bits per heavy atom. The van der Waals surface area contributed by atoms with Gasteiger partial charge in [-0.2, -0.15) is 0 Å². The average Bonchev–Trinajstić information content (AvgIpc) is 2.72. The molecule has 1 aliphatic rings. The number of amides is 1. The van der Waals surface area contributed by atoms with Gasteiger partial charge in [0.25, 0.3) is 5.91 Å². The van der Waals surface area contributed by atoms with Crippen molar-refractivity contribution in [1.82, 2.24) is 25.2 Å². The van der Waals surface area contributed by atoms with E-state index in [4.69, 9.17) is 0 Å². The van der Waals surface area contributed by atoms with Gasteiger partial charge in [-0.25, -0.2) is 15.0 Å². The Kier molecular flexibility index (Phi) is 5.63. The van der Waals surface area contributed by atoms with Crippen LogP contribution in [0, 0.1) is 13.8 Å². The maximum absolute atomic E-state index is 12.8. The van der Waals surface area contributed by atoms with Crippen molar-refractivity contribution in [3.05, 3.63) is 58.5 Å². The summed E-state index contributed by atoms with van der Waals surface area (Å²) < 4.78 is 0. The molecule has 2 aromatic heterocycles. The second-order valence-corrected chi connectivity index (χ2v) is 8.10. The maximum atomic E-state index is 12.8. The number of aryl methyl sites for hydroxylation is 2. The minimum Gasteiger partial charge on any atom is -0.362 e. The fourth-order valence-electron chi connectivity index (χ4n) is 4.03. The number of nitrogens with zero attached hydrogens (tertiary/aromatic N) is 5. The van der Waals surface area contributed by atoms with E-state index < -0.39 is 0 Å². The van der Waals surface area contributed by atoms with Crippen molar-refractivity contribution < 1.29 is 4.79 Å². The molecule has 1 aromatic carbocycles. The number of pyridine rings is 1. The molecule has 0 fully saturated rings. The molecular weight excluding hydrogens is 376 g/mol. The predicted octanol–water partition coefficient (Wildman–Crippen LogP) is 2.50. The van der Waals surface area contributed by atoms with Crippen LogP contribution in [0.5, 0.6) is 0 Å². The number of carbonyl (C=O) groups excluding carboxylic acids is 1. The summed E-state index contributed by atoms with van der Waals surface area (Å²) in [4.78, 5) is 30.6. The van der Waals surface area contributed by atoms with Crippen molar-refractivity contribution >= 4 is 22.8 Å². The summed E-state index contributed by atoms with van der Waals surface area (Å²) >= 11 is 0. The summed E-state index contributed by atoms with van der Waals surface area (Å²) in [5.41, 5.74) is 5.29. The summed E-state index contributed by atoms with van der Waals surface area (Å²) in [6.45, 7) is 7.23. The highest BCUT2D eigenvalue weighted by Crippen LogP contribution is 2.25. The number of hydrogen-bond donors (Lipinski definition) is 1. The first-order chi connectivity index (χ1) is 14.4. The van der Waals surface area contributed by atoms with Gasteiger partial charge in [0.1, 0.15) is 5.82 Å². The van der Waals surface area contributed by atoms with Crippen molar-refractivity contribution in [3.8, 4) is 0 Å². The van der Waals surface area contributed by atoms with Gasteiger partial charge in [0.05, 0.1) is 5.39 Å². The molecule has 7 heteroatoms. The highest BCUT2D eigenvalue weighted by molar-refractivity contribution is 5.96. The van der Waals surface area contributed by atoms with E-state index in [2.05, 4.69) is 49.4 Å². The molecule has 0 atom stereocenters. The molecule has 0 unspecified atom stereocenters. The molecule has 0 spiro atoms. The molecule has 0 radical (unpaired) electrons. The molecule has 3 aromatic rings. The maximum Gasteiger partial charge on any atom is 0.289 e. The smallest absolute Gasteiger partial charge is 0.289 e. The average molecular weight is 405 g/mol. The van der Waals surface area contributed by atoms with Gasteiger partial charge >= 0.3 is 0 Å². The molecule has 1 amide bonds. The van der Waals surface area contributed by atoms with Gasteiger partial charge in [-0.1, -0.05) is 24.3 Å². The molecule has 30 heavy (non-hydrogen) atoms. The van der Waals surface area contributed by atoms with E-state index in [1.54, 1.807) is 0 Å².